The summed E-state index contributed by atoms with van der Waals surface area (Å²) in [5.41, 5.74) is 2.29. The Kier molecular flexibility index (Phi) is 5.85. The Morgan fingerprint density at radius 2 is 1.81 bits per heavy atom. The number of carbonyl (C=O) groups is 1. The second kappa shape index (κ2) is 7.94. The van der Waals surface area contributed by atoms with E-state index in [1.54, 1.807) is 0 Å². The number of aliphatic hydroxyl groups excluding tert-OH is 1. The number of nitrogens with one attached hydrogen (secondary N) is 1. The fourth-order valence-electron chi connectivity index (χ4n) is 3.68. The lowest BCUT2D eigenvalue weighted by atomic mass is 10.0. The Bertz CT molecular complexity index is 605. The molecule has 2 N–H and O–H groups in total. The first-order valence-corrected chi connectivity index (χ1v) is 9.57. The molecule has 2 aliphatic rings. The lowest BCUT2D eigenvalue weighted by Crippen LogP contribution is -2.54. The molecule has 1 aliphatic heterocycles. The molecular formula is C20H32N4O2. The average molecular weight is 361 g/mol. The quantitative estimate of drug-likeness (QED) is 0.801. The zero-order chi connectivity index (χ0) is 18.7. The smallest absolute Gasteiger partial charge is 0.318 e. The van der Waals surface area contributed by atoms with Gasteiger partial charge in [-0.3, -0.25) is 4.90 Å². The lowest BCUT2D eigenvalue weighted by molar-refractivity contribution is 0.0658. The number of piperazine rings is 1. The van der Waals surface area contributed by atoms with E-state index in [0.29, 0.717) is 26.2 Å². The van der Waals surface area contributed by atoms with E-state index in [4.69, 9.17) is 0 Å². The molecular weight excluding hydrogens is 328 g/mol. The number of hydrogen-bond acceptors (Lipinski definition) is 4. The van der Waals surface area contributed by atoms with Gasteiger partial charge in [0.05, 0.1) is 11.6 Å². The third-order valence-corrected chi connectivity index (χ3v) is 5.40. The molecule has 0 spiro atoms. The zero-order valence-corrected chi connectivity index (χ0v) is 16.2. The number of hydrogen-bond donors (Lipinski definition) is 2. The minimum atomic E-state index is -0.346. The van der Waals surface area contributed by atoms with Crippen LogP contribution >= 0.6 is 0 Å². The molecule has 1 heterocycles. The van der Waals surface area contributed by atoms with E-state index in [-0.39, 0.29) is 17.7 Å². The molecule has 1 saturated carbocycles. The maximum Gasteiger partial charge on any atom is 0.318 e. The number of nitrogens with zero attached hydrogens (tertiary/aromatic N) is 3. The van der Waals surface area contributed by atoms with Crippen LogP contribution in [-0.2, 0) is 5.54 Å². The van der Waals surface area contributed by atoms with Gasteiger partial charge in [-0.15, -0.1) is 0 Å². The maximum absolute atomic E-state index is 12.7. The molecule has 2 fully saturated rings. The second-order valence-corrected chi connectivity index (χ2v) is 8.08. The highest BCUT2D eigenvalue weighted by atomic mass is 16.3. The molecule has 1 atom stereocenters. The van der Waals surface area contributed by atoms with Gasteiger partial charge in [0.25, 0.3) is 0 Å². The number of likely N-dealkylation sites (N-methyl/N-ethyl adjacent to an activating group) is 1. The van der Waals surface area contributed by atoms with E-state index in [1.807, 2.05) is 23.9 Å². The van der Waals surface area contributed by atoms with E-state index < -0.39 is 0 Å². The molecule has 0 unspecified atom stereocenters. The number of rotatable bonds is 6. The highest BCUT2D eigenvalue weighted by Crippen LogP contribution is 2.45. The summed E-state index contributed by atoms with van der Waals surface area (Å²) >= 11 is 0. The molecule has 1 aromatic carbocycles. The SMILES string of the molecule is Cc1ccc(C2(NC(=O)N3CCN(C[C@@H](O)CN(C)C)CC3)CC2)cc1. The average Bonchev–Trinajstić information content (AvgIpc) is 3.36. The number of amides is 2. The number of carbonyl (C=O) groups excluding carboxylic acids is 1. The van der Waals surface area contributed by atoms with Crippen molar-refractivity contribution in [2.24, 2.45) is 0 Å². The van der Waals surface area contributed by atoms with Crippen molar-refractivity contribution in [2.75, 3.05) is 53.4 Å². The van der Waals surface area contributed by atoms with Gasteiger partial charge < -0.3 is 20.2 Å². The van der Waals surface area contributed by atoms with Crippen LogP contribution in [0.15, 0.2) is 24.3 Å². The van der Waals surface area contributed by atoms with Crippen molar-refractivity contribution in [1.29, 1.82) is 0 Å². The summed E-state index contributed by atoms with van der Waals surface area (Å²) in [6.45, 7) is 6.47. The number of benzene rings is 1. The predicted octanol–water partition coefficient (Wildman–Crippen LogP) is 1.23. The largest absolute Gasteiger partial charge is 0.390 e. The maximum atomic E-state index is 12.7. The number of aryl methyl sites for hydroxylation is 1. The molecule has 6 nitrogen and oxygen atoms in total. The number of β-amino-alcohol motifs (C(OH)–C–C–N with tert-alkyl or cyclic N) is 1. The van der Waals surface area contributed by atoms with Crippen LogP contribution in [-0.4, -0.2) is 85.3 Å². The molecule has 144 valence electrons. The highest BCUT2D eigenvalue weighted by molar-refractivity contribution is 5.76. The van der Waals surface area contributed by atoms with Gasteiger partial charge in [-0.1, -0.05) is 29.8 Å². The van der Waals surface area contributed by atoms with Gasteiger partial charge in [-0.2, -0.15) is 0 Å². The molecule has 3 rings (SSSR count). The summed E-state index contributed by atoms with van der Waals surface area (Å²) in [6.07, 6.45) is 1.68. The van der Waals surface area contributed by atoms with Gasteiger partial charge in [0, 0.05) is 39.3 Å². The minimum absolute atomic E-state index is 0.0385. The summed E-state index contributed by atoms with van der Waals surface area (Å²) in [4.78, 5) is 18.8. The molecule has 0 aromatic heterocycles. The lowest BCUT2D eigenvalue weighted by Gasteiger charge is -2.36. The van der Waals surface area contributed by atoms with Gasteiger partial charge >= 0.3 is 6.03 Å². The molecule has 1 aromatic rings. The monoisotopic (exact) mass is 360 g/mol. The molecule has 2 amide bonds. The Balaban J connectivity index is 1.47. The van der Waals surface area contributed by atoms with E-state index in [9.17, 15) is 9.90 Å². The van der Waals surface area contributed by atoms with Gasteiger partial charge in [-0.05, 0) is 39.4 Å². The van der Waals surface area contributed by atoms with Crippen molar-refractivity contribution in [3.8, 4) is 0 Å². The second-order valence-electron chi connectivity index (χ2n) is 8.08. The third-order valence-electron chi connectivity index (χ3n) is 5.40. The van der Waals surface area contributed by atoms with E-state index >= 15 is 0 Å². The van der Waals surface area contributed by atoms with Crippen LogP contribution in [0.4, 0.5) is 4.79 Å². The van der Waals surface area contributed by atoms with E-state index in [0.717, 1.165) is 25.9 Å². The molecule has 0 radical (unpaired) electrons. The fraction of sp³-hybridized carbons (Fsp3) is 0.650. The normalized spacial score (nSPS) is 20.9. The molecule has 1 saturated heterocycles. The summed E-state index contributed by atoms with van der Waals surface area (Å²) in [5.74, 6) is 0. The summed E-state index contributed by atoms with van der Waals surface area (Å²) < 4.78 is 0. The standard InChI is InChI=1S/C20H32N4O2/c1-16-4-6-17(7-5-16)20(8-9-20)21-19(26)24-12-10-23(11-13-24)15-18(25)14-22(2)3/h4-7,18,25H,8-15H2,1-3H3,(H,21,26)/t18-/m0/s1. The van der Waals surface area contributed by atoms with E-state index in [2.05, 4.69) is 41.4 Å². The number of aliphatic hydroxyl groups is 1. The summed E-state index contributed by atoms with van der Waals surface area (Å²) in [6, 6.07) is 8.52. The first-order valence-electron chi connectivity index (χ1n) is 9.57. The van der Waals surface area contributed by atoms with Crippen molar-refractivity contribution in [3.05, 3.63) is 35.4 Å². The van der Waals surface area contributed by atoms with Crippen molar-refractivity contribution in [2.45, 2.75) is 31.4 Å². The number of urea groups is 1. The fourth-order valence-corrected chi connectivity index (χ4v) is 3.68. The summed E-state index contributed by atoms with van der Waals surface area (Å²) in [5, 5.41) is 13.3. The topological polar surface area (TPSA) is 59.1 Å². The van der Waals surface area contributed by atoms with Crippen molar-refractivity contribution >= 4 is 6.03 Å². The van der Waals surface area contributed by atoms with Crippen molar-refractivity contribution in [3.63, 3.8) is 0 Å². The first-order chi connectivity index (χ1) is 12.4. The van der Waals surface area contributed by atoms with Gasteiger partial charge in [0.1, 0.15) is 0 Å². The molecule has 26 heavy (non-hydrogen) atoms. The third kappa shape index (κ3) is 4.75. The Morgan fingerprint density at radius 1 is 1.19 bits per heavy atom. The molecule has 0 bridgehead atoms. The van der Waals surface area contributed by atoms with Crippen LogP contribution in [0.1, 0.15) is 24.0 Å². The zero-order valence-electron chi connectivity index (χ0n) is 16.2. The van der Waals surface area contributed by atoms with E-state index in [1.165, 1.54) is 11.1 Å². The van der Waals surface area contributed by atoms with Gasteiger partial charge in [0.2, 0.25) is 0 Å². The van der Waals surface area contributed by atoms with Crippen LogP contribution in [0.2, 0.25) is 0 Å². The Hall–Kier alpha value is -1.63. The van der Waals surface area contributed by atoms with Crippen LogP contribution in [0.25, 0.3) is 0 Å². The minimum Gasteiger partial charge on any atom is -0.390 e. The molecule has 1 aliphatic carbocycles. The van der Waals surface area contributed by atoms with Crippen molar-refractivity contribution in [1.82, 2.24) is 20.0 Å². The molecule has 6 heteroatoms. The van der Waals surface area contributed by atoms with Crippen LogP contribution < -0.4 is 5.32 Å². The van der Waals surface area contributed by atoms with Crippen molar-refractivity contribution < 1.29 is 9.90 Å². The Morgan fingerprint density at radius 3 is 2.35 bits per heavy atom. The predicted molar refractivity (Wildman–Crippen MR) is 103 cm³/mol. The first kappa shape index (κ1) is 19.1. The van der Waals surface area contributed by atoms with Crippen LogP contribution in [0.3, 0.4) is 0 Å². The van der Waals surface area contributed by atoms with Gasteiger partial charge in [-0.25, -0.2) is 4.79 Å². The Labute approximate surface area is 156 Å². The highest BCUT2D eigenvalue weighted by Gasteiger charge is 2.46. The van der Waals surface area contributed by atoms with Gasteiger partial charge in [0.15, 0.2) is 0 Å². The summed E-state index contributed by atoms with van der Waals surface area (Å²) in [7, 11) is 3.93. The van der Waals surface area contributed by atoms with Crippen LogP contribution in [0, 0.1) is 6.92 Å². The van der Waals surface area contributed by atoms with Crippen LogP contribution in [0.5, 0.6) is 0 Å².